The third kappa shape index (κ3) is 18.3. The second-order valence-corrected chi connectivity index (χ2v) is 14.3. The van der Waals surface area contributed by atoms with Crippen LogP contribution >= 0.6 is 0 Å². The number of esters is 1. The lowest BCUT2D eigenvalue weighted by Gasteiger charge is -2.34. The van der Waals surface area contributed by atoms with Crippen LogP contribution in [0.1, 0.15) is 130 Å². The van der Waals surface area contributed by atoms with Crippen molar-refractivity contribution < 1.29 is 42.5 Å². The van der Waals surface area contributed by atoms with Gasteiger partial charge < -0.3 is 30.4 Å². The molecule has 9 nitrogen and oxygen atoms in total. The van der Waals surface area contributed by atoms with Gasteiger partial charge >= 0.3 is 5.97 Å². The van der Waals surface area contributed by atoms with Gasteiger partial charge in [-0.1, -0.05) is 83.1 Å². The van der Waals surface area contributed by atoms with Crippen molar-refractivity contribution in [3.05, 3.63) is 42.0 Å². The van der Waals surface area contributed by atoms with E-state index in [-0.39, 0.29) is 19.3 Å². The molecule has 1 aromatic carbocycles. The Balaban J connectivity index is 2.98. The molecule has 0 aromatic heterocycles. The van der Waals surface area contributed by atoms with Gasteiger partial charge in [-0.05, 0) is 70.6 Å². The number of benzene rings is 1. The van der Waals surface area contributed by atoms with E-state index in [0.717, 1.165) is 38.5 Å². The van der Waals surface area contributed by atoms with Crippen LogP contribution in [0.3, 0.4) is 0 Å². The van der Waals surface area contributed by atoms with Gasteiger partial charge in [-0.2, -0.15) is 0 Å². The number of amides is 2. The lowest BCUT2D eigenvalue weighted by Crippen LogP contribution is -2.58. The first-order valence-corrected chi connectivity index (χ1v) is 18.4. The van der Waals surface area contributed by atoms with Crippen LogP contribution in [-0.2, 0) is 30.3 Å². The molecule has 50 heavy (non-hydrogen) atoms. The summed E-state index contributed by atoms with van der Waals surface area (Å²) in [4.78, 5) is 39.6. The summed E-state index contributed by atoms with van der Waals surface area (Å²) in [5.41, 5.74) is 3.00. The van der Waals surface area contributed by atoms with Crippen LogP contribution in [0.2, 0.25) is 0 Å². The number of nitrogens with one attached hydrogen (secondary N) is 1. The number of methoxy groups -OCH3 is 1. The molecule has 286 valence electrons. The Morgan fingerprint density at radius 2 is 1.48 bits per heavy atom. The number of halogens is 2. The van der Waals surface area contributed by atoms with E-state index in [0.29, 0.717) is 56.4 Å². The van der Waals surface area contributed by atoms with E-state index in [2.05, 4.69) is 19.2 Å². The molecule has 0 aliphatic rings. The number of unbranched alkanes of at least 4 members (excludes halogenated alkanes) is 9. The van der Waals surface area contributed by atoms with Crippen molar-refractivity contribution in [3.63, 3.8) is 0 Å². The molecule has 3 atom stereocenters. The molecule has 4 N–H and O–H groups in total. The number of primary amides is 1. The van der Waals surface area contributed by atoms with E-state index >= 15 is 0 Å². The van der Waals surface area contributed by atoms with Crippen molar-refractivity contribution in [1.82, 2.24) is 5.32 Å². The Bertz CT molecular complexity index is 1150. The summed E-state index contributed by atoms with van der Waals surface area (Å²) in [6.07, 6.45) is 12.3. The Morgan fingerprint density at radius 3 is 2.02 bits per heavy atom. The lowest BCUT2D eigenvalue weighted by molar-refractivity contribution is -0.189. The average molecular weight is 711 g/mol. The zero-order valence-corrected chi connectivity index (χ0v) is 31.4. The fourth-order valence-corrected chi connectivity index (χ4v) is 5.45. The highest BCUT2D eigenvalue weighted by Gasteiger charge is 2.50. The largest absolute Gasteiger partial charge is 0.494 e. The number of carbonyl (C=O) groups excluding carboxylic acids is 3. The molecular weight excluding hydrogens is 646 g/mol. The highest BCUT2D eigenvalue weighted by molar-refractivity contribution is 5.94. The zero-order valence-electron chi connectivity index (χ0n) is 31.4. The lowest BCUT2D eigenvalue weighted by atomic mass is 9.85. The van der Waals surface area contributed by atoms with Crippen molar-refractivity contribution in [2.45, 2.75) is 154 Å². The Labute approximate surface area is 299 Å². The van der Waals surface area contributed by atoms with Gasteiger partial charge in [-0.25, -0.2) is 13.6 Å². The molecule has 0 heterocycles. The zero-order chi connectivity index (χ0) is 37.6. The monoisotopic (exact) mass is 710 g/mol. The number of rotatable bonds is 27. The SMILES string of the molecule is CCCCCCCC(F)(F)CCCCCCC=C[C@H](C(=O)N[C@@H](Cc1ccc(OCCCC)cc1)C(N)=O)[C@@](O)(COC)C(=O)OC(C)(C)C. The number of nitrogens with two attached hydrogens (primary N) is 1. The molecule has 0 aliphatic carbocycles. The van der Waals surface area contributed by atoms with Crippen LogP contribution in [0.15, 0.2) is 36.4 Å². The Morgan fingerprint density at radius 1 is 0.900 bits per heavy atom. The molecular formula is C39H64F2N2O7. The van der Waals surface area contributed by atoms with Crippen LogP contribution in [0.5, 0.6) is 5.75 Å². The first kappa shape index (κ1) is 45.0. The van der Waals surface area contributed by atoms with Crippen molar-refractivity contribution in [2.24, 2.45) is 11.7 Å². The van der Waals surface area contributed by atoms with Crippen molar-refractivity contribution in [2.75, 3.05) is 20.3 Å². The quantitative estimate of drug-likeness (QED) is 0.0486. The number of aliphatic hydroxyl groups is 1. The standard InChI is InChI=1S/C39H64F2N2O7/c1-7-9-11-15-18-25-38(40,41)26-19-16-13-12-14-17-20-32(39(47,29-48-6)36(46)50-37(3,4)5)35(45)43-33(34(42)44)28-30-21-23-31(24-22-30)49-27-10-8-2/h17,20-24,32-33,47H,7-16,18-19,25-29H2,1-6H3,(H2,42,44)(H,43,45)/t32-,33+,39+/m1/s1. The van der Waals surface area contributed by atoms with E-state index in [9.17, 15) is 28.3 Å². The van der Waals surface area contributed by atoms with E-state index in [4.69, 9.17) is 19.9 Å². The minimum Gasteiger partial charge on any atom is -0.494 e. The highest BCUT2D eigenvalue weighted by Crippen LogP contribution is 2.29. The predicted octanol–water partition coefficient (Wildman–Crippen LogP) is 7.61. The average Bonchev–Trinajstić information content (AvgIpc) is 3.03. The molecule has 1 rings (SSSR count). The second-order valence-electron chi connectivity index (χ2n) is 14.3. The second kappa shape index (κ2) is 23.4. The number of carbonyl (C=O) groups is 3. The van der Waals surface area contributed by atoms with Gasteiger partial charge in [0, 0.05) is 26.4 Å². The molecule has 2 amide bonds. The summed E-state index contributed by atoms with van der Waals surface area (Å²) in [6.45, 7) is 9.10. The summed E-state index contributed by atoms with van der Waals surface area (Å²) in [7, 11) is 1.28. The van der Waals surface area contributed by atoms with Gasteiger partial charge in [0.2, 0.25) is 23.3 Å². The third-order valence-electron chi connectivity index (χ3n) is 8.34. The van der Waals surface area contributed by atoms with E-state index in [1.807, 2.05) is 0 Å². The molecule has 0 unspecified atom stereocenters. The number of hydrogen-bond donors (Lipinski definition) is 3. The molecule has 0 radical (unpaired) electrons. The topological polar surface area (TPSA) is 137 Å². The van der Waals surface area contributed by atoms with Gasteiger partial charge in [-0.3, -0.25) is 9.59 Å². The summed E-state index contributed by atoms with van der Waals surface area (Å²) in [5.74, 6) is -6.12. The van der Waals surface area contributed by atoms with E-state index < -0.39 is 53.5 Å². The summed E-state index contributed by atoms with van der Waals surface area (Å²) < 4.78 is 44.8. The smallest absolute Gasteiger partial charge is 0.342 e. The molecule has 0 saturated carbocycles. The number of ether oxygens (including phenoxy) is 3. The fraction of sp³-hybridized carbons (Fsp3) is 0.718. The van der Waals surface area contributed by atoms with Gasteiger partial charge in [0.15, 0.2) is 0 Å². The number of hydrogen-bond acceptors (Lipinski definition) is 7. The van der Waals surface area contributed by atoms with E-state index in [1.165, 1.54) is 13.2 Å². The van der Waals surface area contributed by atoms with Gasteiger partial charge in [-0.15, -0.1) is 0 Å². The Hall–Kier alpha value is -3.05. The van der Waals surface area contributed by atoms with Crippen LogP contribution in [0, 0.1) is 5.92 Å². The minimum absolute atomic E-state index is 0.0675. The Kier molecular flexibility index (Phi) is 21.1. The first-order chi connectivity index (χ1) is 23.6. The van der Waals surface area contributed by atoms with Crippen molar-refractivity contribution in [3.8, 4) is 5.75 Å². The van der Waals surface area contributed by atoms with Crippen molar-refractivity contribution >= 4 is 17.8 Å². The maximum atomic E-state index is 14.2. The maximum Gasteiger partial charge on any atom is 0.342 e. The van der Waals surface area contributed by atoms with Crippen LogP contribution < -0.4 is 15.8 Å². The fourth-order valence-electron chi connectivity index (χ4n) is 5.45. The molecule has 0 spiro atoms. The van der Waals surface area contributed by atoms with Gasteiger partial charge in [0.05, 0.1) is 19.1 Å². The number of allylic oxidation sites excluding steroid dienone is 1. The molecule has 11 heteroatoms. The van der Waals surface area contributed by atoms with Crippen LogP contribution in [-0.4, -0.2) is 66.4 Å². The number of alkyl halides is 2. The van der Waals surface area contributed by atoms with Gasteiger partial charge in [0.25, 0.3) is 0 Å². The first-order valence-electron chi connectivity index (χ1n) is 18.4. The van der Waals surface area contributed by atoms with Crippen molar-refractivity contribution in [1.29, 1.82) is 0 Å². The minimum atomic E-state index is -2.64. The normalized spacial score (nSPS) is 14.6. The maximum absolute atomic E-state index is 14.2. The van der Waals surface area contributed by atoms with Crippen LogP contribution in [0.25, 0.3) is 0 Å². The molecule has 0 saturated heterocycles. The summed E-state index contributed by atoms with van der Waals surface area (Å²) in [6, 6.07) is 5.95. The molecule has 0 aliphatic heterocycles. The summed E-state index contributed by atoms with van der Waals surface area (Å²) >= 11 is 0. The van der Waals surface area contributed by atoms with Gasteiger partial charge in [0.1, 0.15) is 17.4 Å². The van der Waals surface area contributed by atoms with E-state index in [1.54, 1.807) is 51.1 Å². The third-order valence-corrected chi connectivity index (χ3v) is 8.34. The molecule has 0 fully saturated rings. The predicted molar refractivity (Wildman–Crippen MR) is 193 cm³/mol. The van der Waals surface area contributed by atoms with Crippen LogP contribution in [0.4, 0.5) is 8.78 Å². The molecule has 0 bridgehead atoms. The molecule has 1 aromatic rings. The highest BCUT2D eigenvalue weighted by atomic mass is 19.3. The summed E-state index contributed by atoms with van der Waals surface area (Å²) in [5, 5.41) is 14.3.